The number of ether oxygens (including phenoxy) is 4. The minimum absolute atomic E-state index is 0.500. The summed E-state index contributed by atoms with van der Waals surface area (Å²) in [6.45, 7) is 5.17. The van der Waals surface area contributed by atoms with Crippen molar-refractivity contribution < 1.29 is 18.9 Å². The maximum absolute atomic E-state index is 5.89. The lowest BCUT2D eigenvalue weighted by Gasteiger charge is -2.15. The summed E-state index contributed by atoms with van der Waals surface area (Å²) in [5.41, 5.74) is 2.26. The van der Waals surface area contributed by atoms with Crippen LogP contribution in [0.4, 0.5) is 0 Å². The molecule has 2 aromatic rings. The monoisotopic (exact) mass is 345 g/mol. The molecule has 0 spiro atoms. The van der Waals surface area contributed by atoms with E-state index in [9.17, 15) is 0 Å². The van der Waals surface area contributed by atoms with Crippen molar-refractivity contribution in [3.05, 3.63) is 53.6 Å². The third kappa shape index (κ3) is 5.96. The number of rotatable bonds is 11. The van der Waals surface area contributed by atoms with Crippen LogP contribution in [0.1, 0.15) is 18.1 Å². The third-order valence-electron chi connectivity index (χ3n) is 3.76. The smallest absolute Gasteiger partial charge is 0.165 e. The van der Waals surface area contributed by atoms with Crippen LogP contribution in [0.5, 0.6) is 17.2 Å². The standard InChI is InChI=1S/C20H27NO4/c1-4-24-12-13-25-20-17(6-5-7-19(20)23-3)15-21-14-16-8-10-18(22-2)11-9-16/h5-11,21H,4,12-15H2,1-3H3. The maximum Gasteiger partial charge on any atom is 0.165 e. The Labute approximate surface area is 149 Å². The summed E-state index contributed by atoms with van der Waals surface area (Å²) in [5, 5.41) is 3.44. The van der Waals surface area contributed by atoms with E-state index < -0.39 is 0 Å². The number of benzene rings is 2. The van der Waals surface area contributed by atoms with E-state index in [-0.39, 0.29) is 0 Å². The zero-order valence-corrected chi connectivity index (χ0v) is 15.2. The summed E-state index contributed by atoms with van der Waals surface area (Å²) >= 11 is 0. The van der Waals surface area contributed by atoms with Gasteiger partial charge in [0.25, 0.3) is 0 Å². The molecule has 136 valence electrons. The molecule has 2 aromatic carbocycles. The molecule has 0 aliphatic carbocycles. The Bertz CT molecular complexity index is 628. The minimum atomic E-state index is 0.500. The summed E-state index contributed by atoms with van der Waals surface area (Å²) in [5.74, 6) is 2.37. The first-order valence-electron chi connectivity index (χ1n) is 8.48. The molecule has 2 rings (SSSR count). The number of hydrogen-bond acceptors (Lipinski definition) is 5. The van der Waals surface area contributed by atoms with E-state index >= 15 is 0 Å². The van der Waals surface area contributed by atoms with Crippen LogP contribution in [0.3, 0.4) is 0 Å². The summed E-state index contributed by atoms with van der Waals surface area (Å²) < 4.78 is 21.8. The highest BCUT2D eigenvalue weighted by Gasteiger charge is 2.10. The van der Waals surface area contributed by atoms with Crippen molar-refractivity contribution in [2.45, 2.75) is 20.0 Å². The van der Waals surface area contributed by atoms with Crippen molar-refractivity contribution >= 4 is 0 Å². The van der Waals surface area contributed by atoms with Crippen molar-refractivity contribution in [2.75, 3.05) is 34.0 Å². The molecule has 5 heteroatoms. The van der Waals surface area contributed by atoms with Crippen molar-refractivity contribution in [1.29, 1.82) is 0 Å². The first-order valence-corrected chi connectivity index (χ1v) is 8.48. The topological polar surface area (TPSA) is 49.0 Å². The fourth-order valence-electron chi connectivity index (χ4n) is 2.46. The molecule has 0 fully saturated rings. The molecule has 0 saturated carbocycles. The maximum atomic E-state index is 5.89. The fourth-order valence-corrected chi connectivity index (χ4v) is 2.46. The first kappa shape index (κ1) is 19.1. The largest absolute Gasteiger partial charge is 0.497 e. The summed E-state index contributed by atoms with van der Waals surface area (Å²) in [7, 11) is 3.32. The predicted octanol–water partition coefficient (Wildman–Crippen LogP) is 3.41. The van der Waals surface area contributed by atoms with Crippen LogP contribution in [-0.4, -0.2) is 34.0 Å². The van der Waals surface area contributed by atoms with Gasteiger partial charge in [-0.3, -0.25) is 0 Å². The molecule has 0 radical (unpaired) electrons. The SMILES string of the molecule is CCOCCOc1c(CNCc2ccc(OC)cc2)cccc1OC. The van der Waals surface area contributed by atoms with Crippen LogP contribution < -0.4 is 19.5 Å². The highest BCUT2D eigenvalue weighted by Crippen LogP contribution is 2.31. The van der Waals surface area contributed by atoms with Gasteiger partial charge in [0.15, 0.2) is 11.5 Å². The second kappa shape index (κ2) is 10.6. The third-order valence-corrected chi connectivity index (χ3v) is 3.76. The van der Waals surface area contributed by atoms with Gasteiger partial charge in [-0.05, 0) is 30.7 Å². The normalized spacial score (nSPS) is 10.5. The van der Waals surface area contributed by atoms with E-state index in [0.717, 1.165) is 29.4 Å². The lowest BCUT2D eigenvalue weighted by Crippen LogP contribution is -2.15. The second-order valence-electron chi connectivity index (χ2n) is 5.45. The van der Waals surface area contributed by atoms with Crippen LogP contribution in [0.25, 0.3) is 0 Å². The lowest BCUT2D eigenvalue weighted by atomic mass is 10.1. The van der Waals surface area contributed by atoms with E-state index in [1.807, 2.05) is 37.3 Å². The van der Waals surface area contributed by atoms with Crippen molar-refractivity contribution in [2.24, 2.45) is 0 Å². The zero-order valence-electron chi connectivity index (χ0n) is 15.2. The Morgan fingerprint density at radius 3 is 2.36 bits per heavy atom. The van der Waals surface area contributed by atoms with Crippen molar-refractivity contribution in [3.8, 4) is 17.2 Å². The van der Waals surface area contributed by atoms with Crippen LogP contribution >= 0.6 is 0 Å². The lowest BCUT2D eigenvalue weighted by molar-refractivity contribution is 0.108. The van der Waals surface area contributed by atoms with E-state index in [4.69, 9.17) is 18.9 Å². The quantitative estimate of drug-likeness (QED) is 0.633. The van der Waals surface area contributed by atoms with Gasteiger partial charge >= 0.3 is 0 Å². The summed E-state index contributed by atoms with van der Waals surface area (Å²) in [6, 6.07) is 13.9. The molecule has 0 atom stereocenters. The van der Waals surface area contributed by atoms with Crippen LogP contribution in [0.15, 0.2) is 42.5 Å². The molecule has 0 saturated heterocycles. The van der Waals surface area contributed by atoms with Gasteiger partial charge < -0.3 is 24.3 Å². The fraction of sp³-hybridized carbons (Fsp3) is 0.400. The predicted molar refractivity (Wildman–Crippen MR) is 98.5 cm³/mol. The van der Waals surface area contributed by atoms with Gasteiger partial charge in [0, 0.05) is 25.3 Å². The van der Waals surface area contributed by atoms with Crippen molar-refractivity contribution in [3.63, 3.8) is 0 Å². The summed E-state index contributed by atoms with van der Waals surface area (Å²) in [4.78, 5) is 0. The molecule has 25 heavy (non-hydrogen) atoms. The van der Waals surface area contributed by atoms with E-state index in [1.54, 1.807) is 14.2 Å². The molecule has 0 aromatic heterocycles. The highest BCUT2D eigenvalue weighted by molar-refractivity contribution is 5.46. The Morgan fingerprint density at radius 1 is 0.880 bits per heavy atom. The Hall–Kier alpha value is -2.24. The van der Waals surface area contributed by atoms with Crippen LogP contribution in [-0.2, 0) is 17.8 Å². The number of para-hydroxylation sites is 1. The molecule has 0 amide bonds. The number of methoxy groups -OCH3 is 2. The first-order chi connectivity index (χ1) is 12.3. The van der Waals surface area contributed by atoms with Gasteiger partial charge in [-0.15, -0.1) is 0 Å². The second-order valence-corrected chi connectivity index (χ2v) is 5.45. The van der Waals surface area contributed by atoms with E-state index in [1.165, 1.54) is 5.56 Å². The Morgan fingerprint density at radius 2 is 1.68 bits per heavy atom. The molecular weight excluding hydrogens is 318 g/mol. The molecule has 0 unspecified atom stereocenters. The van der Waals surface area contributed by atoms with E-state index in [2.05, 4.69) is 17.4 Å². The molecule has 0 heterocycles. The Kier molecular flexibility index (Phi) is 8.09. The van der Waals surface area contributed by atoms with Gasteiger partial charge in [0.05, 0.1) is 20.8 Å². The van der Waals surface area contributed by atoms with Gasteiger partial charge in [-0.1, -0.05) is 24.3 Å². The van der Waals surface area contributed by atoms with Gasteiger partial charge in [-0.2, -0.15) is 0 Å². The van der Waals surface area contributed by atoms with Gasteiger partial charge in [0.2, 0.25) is 0 Å². The number of hydrogen-bond donors (Lipinski definition) is 1. The Balaban J connectivity index is 1.94. The van der Waals surface area contributed by atoms with Crippen LogP contribution in [0.2, 0.25) is 0 Å². The van der Waals surface area contributed by atoms with Gasteiger partial charge in [0.1, 0.15) is 12.4 Å². The molecule has 1 N–H and O–H groups in total. The summed E-state index contributed by atoms with van der Waals surface area (Å²) in [6.07, 6.45) is 0. The average Bonchev–Trinajstić information content (AvgIpc) is 2.66. The molecule has 5 nitrogen and oxygen atoms in total. The number of nitrogens with one attached hydrogen (secondary N) is 1. The molecule has 0 aliphatic rings. The molecule has 0 aliphatic heterocycles. The van der Waals surface area contributed by atoms with Gasteiger partial charge in [-0.25, -0.2) is 0 Å². The van der Waals surface area contributed by atoms with Crippen molar-refractivity contribution in [1.82, 2.24) is 5.32 Å². The zero-order chi connectivity index (χ0) is 17.9. The molecule has 0 bridgehead atoms. The average molecular weight is 345 g/mol. The molecular formula is C20H27NO4. The van der Waals surface area contributed by atoms with Crippen LogP contribution in [0, 0.1) is 0 Å². The van der Waals surface area contributed by atoms with E-state index in [0.29, 0.717) is 26.4 Å². The minimum Gasteiger partial charge on any atom is -0.497 e. The highest BCUT2D eigenvalue weighted by atomic mass is 16.5.